The molecule has 3 aromatic heterocycles. The second-order valence-corrected chi connectivity index (χ2v) is 4.05. The van der Waals surface area contributed by atoms with Gasteiger partial charge in [0.2, 0.25) is 0 Å². The highest BCUT2D eigenvalue weighted by atomic mass is 15.0. The van der Waals surface area contributed by atoms with Crippen LogP contribution in [-0.2, 0) is 6.42 Å². The lowest BCUT2D eigenvalue weighted by Gasteiger charge is -2.00. The number of nitrogens with two attached hydrogens (primary N) is 1. The molecular weight excluding hydrogens is 226 g/mol. The first-order valence-electron chi connectivity index (χ1n) is 5.81. The molecule has 0 unspecified atom stereocenters. The van der Waals surface area contributed by atoms with Crippen LogP contribution in [0.1, 0.15) is 5.69 Å². The van der Waals surface area contributed by atoms with E-state index in [0.29, 0.717) is 6.54 Å². The lowest BCUT2D eigenvalue weighted by molar-refractivity contribution is 0.936. The van der Waals surface area contributed by atoms with E-state index in [1.807, 2.05) is 28.8 Å². The second-order valence-electron chi connectivity index (χ2n) is 4.05. The SMILES string of the molecule is NCCc1cn2cnc(-c3ccncc3)cc2n1. The van der Waals surface area contributed by atoms with Gasteiger partial charge in [0.25, 0.3) is 0 Å². The predicted octanol–water partition coefficient (Wildman–Crippen LogP) is 1.29. The van der Waals surface area contributed by atoms with Crippen LogP contribution >= 0.6 is 0 Å². The molecule has 18 heavy (non-hydrogen) atoms. The minimum Gasteiger partial charge on any atom is -0.330 e. The fraction of sp³-hybridized carbons (Fsp3) is 0.154. The van der Waals surface area contributed by atoms with Crippen LogP contribution in [0.3, 0.4) is 0 Å². The standard InChI is InChI=1S/C13H13N5/c14-4-1-11-8-18-9-16-12(7-13(18)17-11)10-2-5-15-6-3-10/h2-3,5-9H,1,4,14H2. The highest BCUT2D eigenvalue weighted by molar-refractivity contribution is 5.62. The lowest BCUT2D eigenvalue weighted by atomic mass is 10.2. The molecule has 3 aromatic rings. The summed E-state index contributed by atoms with van der Waals surface area (Å²) >= 11 is 0. The van der Waals surface area contributed by atoms with E-state index in [-0.39, 0.29) is 0 Å². The Balaban J connectivity index is 2.05. The molecule has 0 aliphatic heterocycles. The van der Waals surface area contributed by atoms with Crippen molar-refractivity contribution in [1.29, 1.82) is 0 Å². The fourth-order valence-electron chi connectivity index (χ4n) is 1.89. The molecule has 2 N–H and O–H groups in total. The van der Waals surface area contributed by atoms with Crippen molar-refractivity contribution in [2.45, 2.75) is 6.42 Å². The van der Waals surface area contributed by atoms with Gasteiger partial charge >= 0.3 is 0 Å². The molecule has 90 valence electrons. The van der Waals surface area contributed by atoms with Gasteiger partial charge in [-0.2, -0.15) is 0 Å². The average molecular weight is 239 g/mol. The van der Waals surface area contributed by atoms with E-state index < -0.39 is 0 Å². The molecule has 0 aliphatic carbocycles. The van der Waals surface area contributed by atoms with E-state index in [1.165, 1.54) is 0 Å². The van der Waals surface area contributed by atoms with Crippen molar-refractivity contribution in [3.05, 3.63) is 48.8 Å². The highest BCUT2D eigenvalue weighted by Gasteiger charge is 2.04. The smallest absolute Gasteiger partial charge is 0.140 e. The van der Waals surface area contributed by atoms with Crippen LogP contribution in [0.4, 0.5) is 0 Å². The molecule has 0 amide bonds. The van der Waals surface area contributed by atoms with Crippen molar-refractivity contribution < 1.29 is 0 Å². The molecule has 0 aliphatic rings. The van der Waals surface area contributed by atoms with Gasteiger partial charge in [0, 0.05) is 36.6 Å². The number of aromatic nitrogens is 4. The molecule has 0 bridgehead atoms. The van der Waals surface area contributed by atoms with Crippen LogP contribution in [0, 0.1) is 0 Å². The van der Waals surface area contributed by atoms with Crippen molar-refractivity contribution in [2.75, 3.05) is 6.54 Å². The zero-order valence-corrected chi connectivity index (χ0v) is 9.82. The summed E-state index contributed by atoms with van der Waals surface area (Å²) in [6.07, 6.45) is 8.04. The molecule has 5 heteroatoms. The minimum atomic E-state index is 0.606. The average Bonchev–Trinajstić information content (AvgIpc) is 2.81. The van der Waals surface area contributed by atoms with Gasteiger partial charge in [0.05, 0.1) is 11.4 Å². The summed E-state index contributed by atoms with van der Waals surface area (Å²) in [6, 6.07) is 5.83. The van der Waals surface area contributed by atoms with Crippen molar-refractivity contribution in [2.24, 2.45) is 5.73 Å². The first kappa shape index (κ1) is 10.9. The Bertz CT molecular complexity index is 659. The van der Waals surface area contributed by atoms with E-state index in [0.717, 1.165) is 29.0 Å². The second kappa shape index (κ2) is 4.54. The quantitative estimate of drug-likeness (QED) is 0.747. The summed E-state index contributed by atoms with van der Waals surface area (Å²) in [4.78, 5) is 12.9. The summed E-state index contributed by atoms with van der Waals surface area (Å²) in [5.41, 5.74) is 9.35. The van der Waals surface area contributed by atoms with Crippen LogP contribution in [-0.4, -0.2) is 25.9 Å². The maximum absolute atomic E-state index is 5.53. The number of fused-ring (bicyclic) bond motifs is 1. The third-order valence-corrected chi connectivity index (χ3v) is 2.77. The van der Waals surface area contributed by atoms with Crippen molar-refractivity contribution in [3.8, 4) is 11.3 Å². The Hall–Kier alpha value is -2.27. The van der Waals surface area contributed by atoms with Gasteiger partial charge < -0.3 is 5.73 Å². The number of imidazole rings is 1. The number of nitrogens with zero attached hydrogens (tertiary/aromatic N) is 4. The van der Waals surface area contributed by atoms with E-state index in [1.54, 1.807) is 18.7 Å². The molecule has 0 radical (unpaired) electrons. The van der Waals surface area contributed by atoms with Gasteiger partial charge in [-0.05, 0) is 18.7 Å². The lowest BCUT2D eigenvalue weighted by Crippen LogP contribution is -2.02. The number of rotatable bonds is 3. The molecule has 0 fully saturated rings. The maximum atomic E-state index is 5.53. The zero-order valence-electron chi connectivity index (χ0n) is 9.82. The van der Waals surface area contributed by atoms with Crippen LogP contribution in [0.25, 0.3) is 16.9 Å². The van der Waals surface area contributed by atoms with Gasteiger partial charge in [-0.1, -0.05) is 0 Å². The van der Waals surface area contributed by atoms with E-state index in [4.69, 9.17) is 5.73 Å². The molecule has 0 saturated carbocycles. The van der Waals surface area contributed by atoms with E-state index >= 15 is 0 Å². The van der Waals surface area contributed by atoms with E-state index in [9.17, 15) is 0 Å². The highest BCUT2D eigenvalue weighted by Crippen LogP contribution is 2.17. The molecule has 3 heterocycles. The van der Waals surface area contributed by atoms with Crippen molar-refractivity contribution >= 4 is 5.65 Å². The minimum absolute atomic E-state index is 0.606. The summed E-state index contributed by atoms with van der Waals surface area (Å²) in [5, 5.41) is 0. The summed E-state index contributed by atoms with van der Waals surface area (Å²) in [6.45, 7) is 0.606. The van der Waals surface area contributed by atoms with Crippen molar-refractivity contribution in [3.63, 3.8) is 0 Å². The zero-order chi connectivity index (χ0) is 12.4. The third-order valence-electron chi connectivity index (χ3n) is 2.77. The fourth-order valence-corrected chi connectivity index (χ4v) is 1.89. The number of pyridine rings is 1. The van der Waals surface area contributed by atoms with Crippen LogP contribution < -0.4 is 5.73 Å². The maximum Gasteiger partial charge on any atom is 0.140 e. The summed E-state index contributed by atoms with van der Waals surface area (Å²) in [5.74, 6) is 0. The van der Waals surface area contributed by atoms with Crippen molar-refractivity contribution in [1.82, 2.24) is 19.4 Å². The Morgan fingerprint density at radius 3 is 2.83 bits per heavy atom. The van der Waals surface area contributed by atoms with Crippen LogP contribution in [0.5, 0.6) is 0 Å². The molecular formula is C13H13N5. The Morgan fingerprint density at radius 2 is 2.06 bits per heavy atom. The molecule has 0 atom stereocenters. The first-order chi connectivity index (χ1) is 8.86. The molecule has 0 aromatic carbocycles. The number of hydrogen-bond donors (Lipinski definition) is 1. The Labute approximate surface area is 104 Å². The summed E-state index contributed by atoms with van der Waals surface area (Å²) < 4.78 is 1.91. The first-order valence-corrected chi connectivity index (χ1v) is 5.81. The van der Waals surface area contributed by atoms with Gasteiger partial charge in [-0.25, -0.2) is 9.97 Å². The number of hydrogen-bond acceptors (Lipinski definition) is 4. The molecule has 0 spiro atoms. The van der Waals surface area contributed by atoms with Gasteiger partial charge in [-0.15, -0.1) is 0 Å². The molecule has 5 nitrogen and oxygen atoms in total. The Morgan fingerprint density at radius 1 is 1.22 bits per heavy atom. The largest absolute Gasteiger partial charge is 0.330 e. The van der Waals surface area contributed by atoms with Crippen LogP contribution in [0.15, 0.2) is 43.1 Å². The molecule has 0 saturated heterocycles. The third kappa shape index (κ3) is 1.96. The van der Waals surface area contributed by atoms with E-state index in [2.05, 4.69) is 15.0 Å². The van der Waals surface area contributed by atoms with Crippen LogP contribution in [0.2, 0.25) is 0 Å². The summed E-state index contributed by atoms with van der Waals surface area (Å²) in [7, 11) is 0. The Kier molecular flexibility index (Phi) is 2.74. The topological polar surface area (TPSA) is 69.1 Å². The van der Waals surface area contributed by atoms with Gasteiger partial charge in [0.1, 0.15) is 12.0 Å². The normalized spacial score (nSPS) is 10.9. The van der Waals surface area contributed by atoms with Gasteiger partial charge in [0.15, 0.2) is 0 Å². The van der Waals surface area contributed by atoms with Gasteiger partial charge in [-0.3, -0.25) is 9.38 Å². The predicted molar refractivity (Wildman–Crippen MR) is 69.0 cm³/mol. The molecule has 3 rings (SSSR count). The monoisotopic (exact) mass is 239 g/mol.